The highest BCUT2D eigenvalue weighted by Crippen LogP contribution is 2.16. The predicted octanol–water partition coefficient (Wildman–Crippen LogP) is 3.46. The van der Waals surface area contributed by atoms with E-state index >= 15 is 0 Å². The lowest BCUT2D eigenvalue weighted by molar-refractivity contribution is -0.116. The molecular weight excluding hydrogens is 241 g/mol. The lowest BCUT2D eigenvalue weighted by atomic mass is 10.00. The van der Waals surface area contributed by atoms with Crippen LogP contribution in [0.2, 0.25) is 0 Å². The molecule has 0 saturated heterocycles. The maximum atomic E-state index is 12.7. The predicted molar refractivity (Wildman–Crippen MR) is 75.0 cm³/mol. The van der Waals surface area contributed by atoms with Gasteiger partial charge in [0.25, 0.3) is 0 Å². The van der Waals surface area contributed by atoms with Crippen LogP contribution in [-0.2, 0) is 4.79 Å². The summed E-state index contributed by atoms with van der Waals surface area (Å²) in [6.07, 6.45) is 10.1. The van der Waals surface area contributed by atoms with E-state index in [2.05, 4.69) is 11.4 Å². The van der Waals surface area contributed by atoms with Crippen LogP contribution in [0.1, 0.15) is 31.2 Å². The molecule has 0 spiro atoms. The van der Waals surface area contributed by atoms with Gasteiger partial charge in [-0.1, -0.05) is 23.8 Å². The third-order valence-electron chi connectivity index (χ3n) is 3.17. The minimum absolute atomic E-state index is 0.115. The highest BCUT2D eigenvalue weighted by Gasteiger charge is 2.04. The van der Waals surface area contributed by atoms with Gasteiger partial charge in [-0.15, -0.1) is 0 Å². The average Bonchev–Trinajstić information content (AvgIpc) is 2.45. The standard InChI is InChI=1S/C16H18FNO/c17-15-9-6-13(7-10-15)8-11-16(19)18-12-14-4-2-1-3-5-14/h4,6-11H,1-3,5,12H2,(H,18,19)/b11-8+. The number of carbonyl (C=O) groups is 1. The van der Waals surface area contributed by atoms with Gasteiger partial charge in [0.1, 0.15) is 5.82 Å². The Morgan fingerprint density at radius 3 is 2.74 bits per heavy atom. The molecule has 1 aromatic rings. The molecule has 2 rings (SSSR count). The van der Waals surface area contributed by atoms with Crippen molar-refractivity contribution in [2.75, 3.05) is 6.54 Å². The molecule has 0 aromatic heterocycles. The number of halogens is 1. The number of benzene rings is 1. The van der Waals surface area contributed by atoms with Gasteiger partial charge < -0.3 is 5.32 Å². The Hall–Kier alpha value is -1.90. The zero-order chi connectivity index (χ0) is 13.5. The van der Waals surface area contributed by atoms with Crippen molar-refractivity contribution in [3.05, 3.63) is 53.4 Å². The number of rotatable bonds is 4. The van der Waals surface area contributed by atoms with Crippen LogP contribution in [0.3, 0.4) is 0 Å². The summed E-state index contributed by atoms with van der Waals surface area (Å²) in [6, 6.07) is 6.04. The van der Waals surface area contributed by atoms with E-state index in [0.717, 1.165) is 18.4 Å². The molecule has 1 aliphatic rings. The third-order valence-corrected chi connectivity index (χ3v) is 3.17. The first-order chi connectivity index (χ1) is 9.24. The van der Waals surface area contributed by atoms with E-state index < -0.39 is 0 Å². The molecule has 100 valence electrons. The largest absolute Gasteiger partial charge is 0.349 e. The van der Waals surface area contributed by atoms with E-state index in [-0.39, 0.29) is 11.7 Å². The molecule has 0 bridgehead atoms. The Morgan fingerprint density at radius 1 is 1.26 bits per heavy atom. The molecule has 0 aliphatic heterocycles. The normalized spacial score (nSPS) is 15.3. The van der Waals surface area contributed by atoms with Gasteiger partial charge in [0.2, 0.25) is 5.91 Å². The first-order valence-electron chi connectivity index (χ1n) is 6.63. The second-order valence-electron chi connectivity index (χ2n) is 4.71. The Morgan fingerprint density at radius 2 is 2.05 bits per heavy atom. The van der Waals surface area contributed by atoms with Crippen LogP contribution in [0.15, 0.2) is 42.0 Å². The van der Waals surface area contributed by atoms with Gasteiger partial charge in [-0.05, 0) is 49.5 Å². The molecule has 0 saturated carbocycles. The van der Waals surface area contributed by atoms with Crippen LogP contribution < -0.4 is 5.32 Å². The van der Waals surface area contributed by atoms with Gasteiger partial charge in [0.15, 0.2) is 0 Å². The Bertz CT molecular complexity index is 488. The highest BCUT2D eigenvalue weighted by atomic mass is 19.1. The number of nitrogens with one attached hydrogen (secondary N) is 1. The number of hydrogen-bond acceptors (Lipinski definition) is 1. The van der Waals surface area contributed by atoms with Gasteiger partial charge in [0.05, 0.1) is 0 Å². The van der Waals surface area contributed by atoms with Crippen molar-refractivity contribution in [1.82, 2.24) is 5.32 Å². The fourth-order valence-corrected chi connectivity index (χ4v) is 2.07. The minimum atomic E-state index is -0.272. The molecule has 3 heteroatoms. The van der Waals surface area contributed by atoms with E-state index in [1.165, 1.54) is 36.6 Å². The van der Waals surface area contributed by atoms with E-state index in [0.29, 0.717) is 6.54 Å². The van der Waals surface area contributed by atoms with Crippen molar-refractivity contribution in [1.29, 1.82) is 0 Å². The molecule has 0 heterocycles. The van der Waals surface area contributed by atoms with Crippen LogP contribution in [0.25, 0.3) is 6.08 Å². The summed E-state index contributed by atoms with van der Waals surface area (Å²) in [7, 11) is 0. The summed E-state index contributed by atoms with van der Waals surface area (Å²) in [6.45, 7) is 0.632. The first-order valence-corrected chi connectivity index (χ1v) is 6.63. The third kappa shape index (κ3) is 4.70. The number of allylic oxidation sites excluding steroid dienone is 1. The van der Waals surface area contributed by atoms with Crippen molar-refractivity contribution in [2.45, 2.75) is 25.7 Å². The average molecular weight is 259 g/mol. The van der Waals surface area contributed by atoms with Crippen LogP contribution in [0.4, 0.5) is 4.39 Å². The topological polar surface area (TPSA) is 29.1 Å². The summed E-state index contributed by atoms with van der Waals surface area (Å²) in [5.41, 5.74) is 2.13. The van der Waals surface area contributed by atoms with Crippen molar-refractivity contribution in [2.24, 2.45) is 0 Å². The summed E-state index contributed by atoms with van der Waals surface area (Å²) in [5.74, 6) is -0.387. The van der Waals surface area contributed by atoms with Gasteiger partial charge >= 0.3 is 0 Å². The first kappa shape index (κ1) is 13.5. The van der Waals surface area contributed by atoms with E-state index in [1.54, 1.807) is 18.2 Å². The molecule has 2 nitrogen and oxygen atoms in total. The van der Waals surface area contributed by atoms with Crippen LogP contribution in [0.5, 0.6) is 0 Å². The summed E-state index contributed by atoms with van der Waals surface area (Å²) in [4.78, 5) is 11.6. The second-order valence-corrected chi connectivity index (χ2v) is 4.71. The van der Waals surface area contributed by atoms with Gasteiger partial charge in [-0.3, -0.25) is 4.79 Å². The SMILES string of the molecule is O=C(/C=C/c1ccc(F)cc1)NCC1=CCCCC1. The van der Waals surface area contributed by atoms with Crippen LogP contribution >= 0.6 is 0 Å². The number of amides is 1. The van der Waals surface area contributed by atoms with Gasteiger partial charge in [-0.25, -0.2) is 4.39 Å². The monoisotopic (exact) mass is 259 g/mol. The fraction of sp³-hybridized carbons (Fsp3) is 0.312. The van der Waals surface area contributed by atoms with Crippen LogP contribution in [-0.4, -0.2) is 12.5 Å². The summed E-state index contributed by atoms with van der Waals surface area (Å²) >= 11 is 0. The number of hydrogen-bond donors (Lipinski definition) is 1. The lowest BCUT2D eigenvalue weighted by Crippen LogP contribution is -2.24. The van der Waals surface area contributed by atoms with Gasteiger partial charge in [0, 0.05) is 12.6 Å². The van der Waals surface area contributed by atoms with E-state index in [9.17, 15) is 9.18 Å². The van der Waals surface area contributed by atoms with Crippen molar-refractivity contribution >= 4 is 12.0 Å². The van der Waals surface area contributed by atoms with Crippen LogP contribution in [0, 0.1) is 5.82 Å². The highest BCUT2D eigenvalue weighted by molar-refractivity contribution is 5.91. The molecule has 0 unspecified atom stereocenters. The maximum absolute atomic E-state index is 12.7. The Labute approximate surface area is 113 Å². The minimum Gasteiger partial charge on any atom is -0.349 e. The molecule has 0 radical (unpaired) electrons. The molecule has 1 aromatic carbocycles. The second kappa shape index (κ2) is 6.88. The molecular formula is C16H18FNO. The van der Waals surface area contributed by atoms with Crippen molar-refractivity contribution < 1.29 is 9.18 Å². The molecule has 0 fully saturated rings. The zero-order valence-corrected chi connectivity index (χ0v) is 10.9. The smallest absolute Gasteiger partial charge is 0.244 e. The Kier molecular flexibility index (Phi) is 4.90. The molecule has 0 atom stereocenters. The summed E-state index contributed by atoms with van der Waals surface area (Å²) < 4.78 is 12.7. The quantitative estimate of drug-likeness (QED) is 0.651. The lowest BCUT2D eigenvalue weighted by Gasteiger charge is -2.12. The van der Waals surface area contributed by atoms with Gasteiger partial charge in [-0.2, -0.15) is 0 Å². The molecule has 1 N–H and O–H groups in total. The maximum Gasteiger partial charge on any atom is 0.244 e. The molecule has 1 aliphatic carbocycles. The molecule has 19 heavy (non-hydrogen) atoms. The fourth-order valence-electron chi connectivity index (χ4n) is 2.07. The summed E-state index contributed by atoms with van der Waals surface area (Å²) in [5, 5.41) is 2.87. The van der Waals surface area contributed by atoms with E-state index in [1.807, 2.05) is 0 Å². The zero-order valence-electron chi connectivity index (χ0n) is 10.9. The van der Waals surface area contributed by atoms with E-state index in [4.69, 9.17) is 0 Å². The Balaban J connectivity index is 1.80. The number of carbonyl (C=O) groups excluding carboxylic acids is 1. The van der Waals surface area contributed by atoms with Crippen molar-refractivity contribution in [3.63, 3.8) is 0 Å². The molecule has 1 amide bonds. The van der Waals surface area contributed by atoms with Crippen molar-refractivity contribution in [3.8, 4) is 0 Å².